The number of fused-ring (bicyclic) bond motifs is 1. The SMILES string of the molecule is CCc1cccc(CC)c1NC(N)=NC1COc2ccccc21.I. The highest BCUT2D eigenvalue weighted by Crippen LogP contribution is 2.34. The first-order valence-corrected chi connectivity index (χ1v) is 8.15. The Bertz CT molecular complexity index is 708. The molecule has 3 rings (SSSR count). The van der Waals surface area contributed by atoms with E-state index in [1.54, 1.807) is 0 Å². The van der Waals surface area contributed by atoms with Crippen LogP contribution >= 0.6 is 24.0 Å². The summed E-state index contributed by atoms with van der Waals surface area (Å²) in [6.07, 6.45) is 1.91. The highest BCUT2D eigenvalue weighted by Gasteiger charge is 2.23. The first-order chi connectivity index (χ1) is 11.2. The van der Waals surface area contributed by atoms with E-state index in [4.69, 9.17) is 10.5 Å². The van der Waals surface area contributed by atoms with Crippen LogP contribution in [0.1, 0.15) is 36.6 Å². The number of para-hydroxylation sites is 2. The number of benzene rings is 2. The molecule has 0 radical (unpaired) electrons. The average molecular weight is 437 g/mol. The fourth-order valence-electron chi connectivity index (χ4n) is 2.98. The second-order valence-electron chi connectivity index (χ2n) is 5.66. The molecule has 0 saturated carbocycles. The maximum Gasteiger partial charge on any atom is 0.193 e. The summed E-state index contributed by atoms with van der Waals surface area (Å²) in [5.41, 5.74) is 10.9. The highest BCUT2D eigenvalue weighted by atomic mass is 127. The number of guanidine groups is 1. The van der Waals surface area contributed by atoms with Gasteiger partial charge in [0, 0.05) is 11.3 Å². The zero-order valence-corrected chi connectivity index (χ0v) is 16.4. The summed E-state index contributed by atoms with van der Waals surface area (Å²) < 4.78 is 5.66. The molecule has 2 aromatic carbocycles. The van der Waals surface area contributed by atoms with Gasteiger partial charge in [0.15, 0.2) is 5.96 Å². The molecule has 0 spiro atoms. The van der Waals surface area contributed by atoms with Crippen molar-refractivity contribution in [3.05, 3.63) is 59.2 Å². The van der Waals surface area contributed by atoms with Crippen LogP contribution in [0, 0.1) is 0 Å². The molecular formula is C19H24IN3O. The van der Waals surface area contributed by atoms with Crippen molar-refractivity contribution in [3.63, 3.8) is 0 Å². The normalized spacial score (nSPS) is 16.1. The molecule has 4 nitrogen and oxygen atoms in total. The van der Waals surface area contributed by atoms with Crippen LogP contribution in [-0.4, -0.2) is 12.6 Å². The van der Waals surface area contributed by atoms with Gasteiger partial charge in [-0.15, -0.1) is 24.0 Å². The Kier molecular flexibility index (Phi) is 6.48. The maximum atomic E-state index is 6.17. The van der Waals surface area contributed by atoms with Gasteiger partial charge in [0.25, 0.3) is 0 Å². The topological polar surface area (TPSA) is 59.6 Å². The molecule has 128 valence electrons. The van der Waals surface area contributed by atoms with E-state index in [0.29, 0.717) is 12.6 Å². The Labute approximate surface area is 160 Å². The Morgan fingerprint density at radius 2 is 1.79 bits per heavy atom. The Balaban J connectivity index is 0.00000208. The van der Waals surface area contributed by atoms with Crippen molar-refractivity contribution in [1.29, 1.82) is 0 Å². The molecule has 0 aliphatic carbocycles. The first-order valence-electron chi connectivity index (χ1n) is 8.15. The van der Waals surface area contributed by atoms with Gasteiger partial charge in [-0.25, -0.2) is 4.99 Å². The van der Waals surface area contributed by atoms with Crippen molar-refractivity contribution in [2.75, 3.05) is 11.9 Å². The smallest absolute Gasteiger partial charge is 0.193 e. The number of rotatable bonds is 4. The Hall–Kier alpha value is -1.76. The summed E-state index contributed by atoms with van der Waals surface area (Å²) in [5, 5.41) is 3.31. The summed E-state index contributed by atoms with van der Waals surface area (Å²) in [6, 6.07) is 14.3. The lowest BCUT2D eigenvalue weighted by Crippen LogP contribution is -2.25. The van der Waals surface area contributed by atoms with Crippen LogP contribution in [0.5, 0.6) is 5.75 Å². The molecule has 1 aliphatic rings. The fraction of sp³-hybridized carbons (Fsp3) is 0.316. The third-order valence-corrected chi connectivity index (χ3v) is 4.22. The van der Waals surface area contributed by atoms with E-state index < -0.39 is 0 Å². The molecule has 0 saturated heterocycles. The number of halogens is 1. The van der Waals surface area contributed by atoms with E-state index >= 15 is 0 Å². The molecule has 0 fully saturated rings. The quantitative estimate of drug-likeness (QED) is 0.426. The van der Waals surface area contributed by atoms with Gasteiger partial charge in [0.05, 0.1) is 0 Å². The van der Waals surface area contributed by atoms with Crippen molar-refractivity contribution >= 4 is 35.6 Å². The number of hydrogen-bond acceptors (Lipinski definition) is 2. The van der Waals surface area contributed by atoms with Crippen LogP contribution in [0.3, 0.4) is 0 Å². The number of aliphatic imine (C=N–C) groups is 1. The van der Waals surface area contributed by atoms with Crippen molar-refractivity contribution in [3.8, 4) is 5.75 Å². The molecule has 5 heteroatoms. The van der Waals surface area contributed by atoms with Crippen molar-refractivity contribution in [2.24, 2.45) is 10.7 Å². The number of nitrogens with two attached hydrogens (primary N) is 1. The minimum absolute atomic E-state index is 0. The summed E-state index contributed by atoms with van der Waals surface area (Å²) in [4.78, 5) is 4.62. The number of nitrogens with zero attached hydrogens (tertiary/aromatic N) is 1. The monoisotopic (exact) mass is 437 g/mol. The number of ether oxygens (including phenoxy) is 1. The molecule has 0 aromatic heterocycles. The van der Waals surface area contributed by atoms with Crippen LogP contribution in [0.2, 0.25) is 0 Å². The van der Waals surface area contributed by atoms with Crippen LogP contribution in [0.15, 0.2) is 47.5 Å². The van der Waals surface area contributed by atoms with Crippen LogP contribution in [-0.2, 0) is 12.8 Å². The predicted octanol–water partition coefficient (Wildman–Crippen LogP) is 4.29. The van der Waals surface area contributed by atoms with Gasteiger partial charge in [-0.1, -0.05) is 50.2 Å². The number of nitrogens with one attached hydrogen (secondary N) is 1. The number of aryl methyl sites for hydroxylation is 2. The van der Waals surface area contributed by atoms with Gasteiger partial charge in [-0.3, -0.25) is 0 Å². The fourth-order valence-corrected chi connectivity index (χ4v) is 2.98. The minimum atomic E-state index is -0.0439. The molecule has 2 aromatic rings. The van der Waals surface area contributed by atoms with Crippen molar-refractivity contribution in [2.45, 2.75) is 32.7 Å². The molecule has 3 N–H and O–H groups in total. The predicted molar refractivity (Wildman–Crippen MR) is 111 cm³/mol. The molecule has 1 unspecified atom stereocenters. The molecule has 1 heterocycles. The van der Waals surface area contributed by atoms with Crippen LogP contribution < -0.4 is 15.8 Å². The van der Waals surface area contributed by atoms with Crippen LogP contribution in [0.25, 0.3) is 0 Å². The second kappa shape index (κ2) is 8.37. The molecule has 0 bridgehead atoms. The second-order valence-corrected chi connectivity index (χ2v) is 5.66. The Morgan fingerprint density at radius 3 is 2.46 bits per heavy atom. The van der Waals surface area contributed by atoms with Gasteiger partial charge in [0.1, 0.15) is 18.4 Å². The van der Waals surface area contributed by atoms with Gasteiger partial charge in [0.2, 0.25) is 0 Å². The third kappa shape index (κ3) is 3.83. The van der Waals surface area contributed by atoms with E-state index in [9.17, 15) is 0 Å². The summed E-state index contributed by atoms with van der Waals surface area (Å²) in [5.74, 6) is 1.34. The Morgan fingerprint density at radius 1 is 1.12 bits per heavy atom. The largest absolute Gasteiger partial charge is 0.491 e. The zero-order valence-electron chi connectivity index (χ0n) is 14.1. The number of hydrogen-bond donors (Lipinski definition) is 2. The van der Waals surface area contributed by atoms with Crippen molar-refractivity contribution in [1.82, 2.24) is 0 Å². The van der Waals surface area contributed by atoms with Crippen LogP contribution in [0.4, 0.5) is 5.69 Å². The van der Waals surface area contributed by atoms with Gasteiger partial charge in [-0.2, -0.15) is 0 Å². The van der Waals surface area contributed by atoms with E-state index in [1.807, 2.05) is 24.3 Å². The average Bonchev–Trinajstić information content (AvgIpc) is 2.98. The van der Waals surface area contributed by atoms with Gasteiger partial charge >= 0.3 is 0 Å². The van der Waals surface area contributed by atoms with E-state index in [2.05, 4.69) is 42.4 Å². The highest BCUT2D eigenvalue weighted by molar-refractivity contribution is 14.0. The summed E-state index contributed by atoms with van der Waals surface area (Å²) in [7, 11) is 0. The maximum absolute atomic E-state index is 6.17. The molecule has 24 heavy (non-hydrogen) atoms. The minimum Gasteiger partial charge on any atom is -0.491 e. The van der Waals surface area contributed by atoms with Crippen molar-refractivity contribution < 1.29 is 4.74 Å². The van der Waals surface area contributed by atoms with Gasteiger partial charge in [-0.05, 0) is 30.0 Å². The molecule has 1 aliphatic heterocycles. The zero-order chi connectivity index (χ0) is 16.2. The molecule has 1 atom stereocenters. The summed E-state index contributed by atoms with van der Waals surface area (Å²) in [6.45, 7) is 4.83. The lowest BCUT2D eigenvalue weighted by molar-refractivity contribution is 0.334. The van der Waals surface area contributed by atoms with Gasteiger partial charge < -0.3 is 15.8 Å². The summed E-state index contributed by atoms with van der Waals surface area (Å²) >= 11 is 0. The lowest BCUT2D eigenvalue weighted by atomic mass is 10.0. The van der Waals surface area contributed by atoms with E-state index in [-0.39, 0.29) is 30.0 Å². The molecular weight excluding hydrogens is 413 g/mol. The van der Waals surface area contributed by atoms with E-state index in [1.165, 1.54) is 11.1 Å². The third-order valence-electron chi connectivity index (χ3n) is 4.22. The standard InChI is InChI=1S/C19H23N3O.HI/c1-3-13-8-7-9-14(4-2)18(13)22-19(20)21-16-12-23-17-11-6-5-10-15(16)17;/h5-11,16H,3-4,12H2,1-2H3,(H3,20,21,22);1H. The van der Waals surface area contributed by atoms with E-state index in [0.717, 1.165) is 29.8 Å². The molecule has 0 amide bonds. The number of anilines is 1. The lowest BCUT2D eigenvalue weighted by Gasteiger charge is -2.15. The first kappa shape index (κ1) is 18.6.